The van der Waals surface area contributed by atoms with Crippen LogP contribution in [0.5, 0.6) is 0 Å². The van der Waals surface area contributed by atoms with Gasteiger partial charge in [-0.05, 0) is 0 Å². The summed E-state index contributed by atoms with van der Waals surface area (Å²) in [6.07, 6.45) is 0.832. The van der Waals surface area contributed by atoms with Crippen LogP contribution in [-0.2, 0) is 13.0 Å². The van der Waals surface area contributed by atoms with Crippen molar-refractivity contribution >= 4 is 17.2 Å². The fourth-order valence-electron chi connectivity index (χ4n) is 1.69. The van der Waals surface area contributed by atoms with E-state index in [1.165, 1.54) is 11.3 Å². The van der Waals surface area contributed by atoms with Gasteiger partial charge in [0.2, 0.25) is 0 Å². The van der Waals surface area contributed by atoms with Crippen molar-refractivity contribution in [3.05, 3.63) is 15.6 Å². The first-order chi connectivity index (χ1) is 7.20. The fourth-order valence-corrected chi connectivity index (χ4v) is 2.69. The number of fused-ring (bicyclic) bond motifs is 1. The average molecular weight is 227 g/mol. The minimum atomic E-state index is -0.455. The zero-order chi connectivity index (χ0) is 10.8. The number of carbonyl (C=O) groups excluding carboxylic acids is 1. The Labute approximate surface area is 91.5 Å². The molecule has 0 radical (unpaired) electrons. The van der Waals surface area contributed by atoms with Gasteiger partial charge in [0.15, 0.2) is 5.01 Å². The van der Waals surface area contributed by atoms with E-state index in [4.69, 9.17) is 10.8 Å². The molecular formula is C9H13N3O2S. The normalized spacial score (nSPS) is 16.3. The number of aromatic nitrogens is 1. The summed E-state index contributed by atoms with van der Waals surface area (Å²) < 4.78 is 0. The van der Waals surface area contributed by atoms with Crippen LogP contribution in [0.3, 0.4) is 0 Å². The lowest BCUT2D eigenvalue weighted by Crippen LogP contribution is -2.32. The Hall–Kier alpha value is -0.980. The van der Waals surface area contributed by atoms with E-state index in [0.29, 0.717) is 11.6 Å². The molecule has 2 heterocycles. The molecule has 0 saturated carbocycles. The first-order valence-electron chi connectivity index (χ1n) is 4.82. The number of primary amides is 1. The van der Waals surface area contributed by atoms with Crippen molar-refractivity contribution in [2.24, 2.45) is 5.73 Å². The molecule has 82 valence electrons. The van der Waals surface area contributed by atoms with E-state index in [9.17, 15) is 4.79 Å². The van der Waals surface area contributed by atoms with Gasteiger partial charge in [-0.2, -0.15) is 0 Å². The Morgan fingerprint density at radius 3 is 3.13 bits per heavy atom. The van der Waals surface area contributed by atoms with Crippen molar-refractivity contribution in [3.63, 3.8) is 0 Å². The third kappa shape index (κ3) is 2.17. The maximum atomic E-state index is 10.9. The molecule has 15 heavy (non-hydrogen) atoms. The number of nitrogens with zero attached hydrogens (tertiary/aromatic N) is 2. The average Bonchev–Trinajstić information content (AvgIpc) is 2.61. The molecule has 5 nitrogen and oxygen atoms in total. The molecule has 0 aromatic carbocycles. The Balaban J connectivity index is 2.15. The smallest absolute Gasteiger partial charge is 0.277 e. The number of aliphatic hydroxyl groups excluding tert-OH is 1. The molecule has 3 N–H and O–H groups in total. The molecule has 0 unspecified atom stereocenters. The summed E-state index contributed by atoms with van der Waals surface area (Å²) in [7, 11) is 0. The molecule has 0 aliphatic carbocycles. The van der Waals surface area contributed by atoms with Gasteiger partial charge in [0.05, 0.1) is 12.3 Å². The number of aliphatic hydroxyl groups is 1. The Morgan fingerprint density at radius 1 is 1.67 bits per heavy atom. The van der Waals surface area contributed by atoms with E-state index in [0.717, 1.165) is 30.1 Å². The van der Waals surface area contributed by atoms with Crippen LogP contribution in [0.25, 0.3) is 0 Å². The number of nitrogens with two attached hydrogens (primary N) is 1. The lowest BCUT2D eigenvalue weighted by Gasteiger charge is -2.24. The van der Waals surface area contributed by atoms with Gasteiger partial charge in [-0.1, -0.05) is 0 Å². The summed E-state index contributed by atoms with van der Waals surface area (Å²) in [5, 5.41) is 9.23. The maximum Gasteiger partial charge on any atom is 0.277 e. The van der Waals surface area contributed by atoms with Gasteiger partial charge in [-0.25, -0.2) is 4.98 Å². The number of thiazole rings is 1. The van der Waals surface area contributed by atoms with Crippen LogP contribution < -0.4 is 5.73 Å². The number of rotatable bonds is 3. The zero-order valence-electron chi connectivity index (χ0n) is 8.27. The number of hydrogen-bond acceptors (Lipinski definition) is 5. The van der Waals surface area contributed by atoms with E-state index >= 15 is 0 Å². The highest BCUT2D eigenvalue weighted by atomic mass is 32.1. The number of amides is 1. The lowest BCUT2D eigenvalue weighted by molar-refractivity contribution is 0.0999. The van der Waals surface area contributed by atoms with Crippen LogP contribution in [0.2, 0.25) is 0 Å². The summed E-state index contributed by atoms with van der Waals surface area (Å²) in [6.45, 7) is 2.48. The highest BCUT2D eigenvalue weighted by Gasteiger charge is 2.21. The van der Waals surface area contributed by atoms with Gasteiger partial charge in [0.1, 0.15) is 0 Å². The van der Waals surface area contributed by atoms with E-state index in [1.54, 1.807) is 0 Å². The molecule has 1 amide bonds. The summed E-state index contributed by atoms with van der Waals surface area (Å²) in [5.74, 6) is -0.455. The van der Waals surface area contributed by atoms with E-state index in [1.807, 2.05) is 0 Å². The Bertz CT molecular complexity index is 377. The number of hydrogen-bond donors (Lipinski definition) is 2. The standard InChI is InChI=1S/C9H13N3O2S/c10-8(14)9-11-6-1-2-12(3-4-13)5-7(6)15-9/h13H,1-5H2,(H2,10,14). The van der Waals surface area contributed by atoms with Crippen LogP contribution in [0.15, 0.2) is 0 Å². The van der Waals surface area contributed by atoms with Crippen LogP contribution in [-0.4, -0.2) is 40.6 Å². The topological polar surface area (TPSA) is 79.5 Å². The Morgan fingerprint density at radius 2 is 2.47 bits per heavy atom. The summed E-state index contributed by atoms with van der Waals surface area (Å²) in [5.41, 5.74) is 6.16. The SMILES string of the molecule is NC(=O)c1nc2c(s1)CN(CCO)CC2. The molecule has 6 heteroatoms. The molecule has 1 aliphatic rings. The number of β-amino-alcohol motifs (C(OH)–C–C–N with tert-alkyl or cyclic N) is 1. The highest BCUT2D eigenvalue weighted by Crippen LogP contribution is 2.24. The molecule has 2 rings (SSSR count). The highest BCUT2D eigenvalue weighted by molar-refractivity contribution is 7.13. The molecule has 0 saturated heterocycles. The molecule has 0 fully saturated rings. The second-order valence-electron chi connectivity index (χ2n) is 3.50. The lowest BCUT2D eigenvalue weighted by atomic mass is 10.2. The van der Waals surface area contributed by atoms with Crippen molar-refractivity contribution in [2.75, 3.05) is 19.7 Å². The van der Waals surface area contributed by atoms with Crippen molar-refractivity contribution in [3.8, 4) is 0 Å². The largest absolute Gasteiger partial charge is 0.395 e. The van der Waals surface area contributed by atoms with E-state index in [2.05, 4.69) is 9.88 Å². The van der Waals surface area contributed by atoms with Crippen LogP contribution in [0.4, 0.5) is 0 Å². The third-order valence-electron chi connectivity index (χ3n) is 2.44. The molecule has 0 bridgehead atoms. The molecule has 0 atom stereocenters. The minimum Gasteiger partial charge on any atom is -0.395 e. The van der Waals surface area contributed by atoms with Gasteiger partial charge >= 0.3 is 0 Å². The minimum absolute atomic E-state index is 0.164. The molecule has 1 aromatic rings. The van der Waals surface area contributed by atoms with Crippen molar-refractivity contribution in [2.45, 2.75) is 13.0 Å². The van der Waals surface area contributed by atoms with Gasteiger partial charge in [-0.15, -0.1) is 11.3 Å². The molecule has 1 aliphatic heterocycles. The van der Waals surface area contributed by atoms with Gasteiger partial charge < -0.3 is 10.8 Å². The van der Waals surface area contributed by atoms with Gasteiger partial charge in [-0.3, -0.25) is 9.69 Å². The zero-order valence-corrected chi connectivity index (χ0v) is 9.09. The van der Waals surface area contributed by atoms with Crippen LogP contribution in [0, 0.1) is 0 Å². The Kier molecular flexibility index (Phi) is 2.99. The third-order valence-corrected chi connectivity index (χ3v) is 3.53. The monoisotopic (exact) mass is 227 g/mol. The summed E-state index contributed by atoms with van der Waals surface area (Å²) >= 11 is 1.36. The second kappa shape index (κ2) is 4.26. The fraction of sp³-hybridized carbons (Fsp3) is 0.556. The molecule has 1 aromatic heterocycles. The quantitative estimate of drug-likeness (QED) is 0.736. The maximum absolute atomic E-state index is 10.9. The van der Waals surface area contributed by atoms with Crippen LogP contribution >= 0.6 is 11.3 Å². The van der Waals surface area contributed by atoms with Gasteiger partial charge in [0.25, 0.3) is 5.91 Å². The van der Waals surface area contributed by atoms with Gasteiger partial charge in [0, 0.05) is 30.9 Å². The predicted molar refractivity (Wildman–Crippen MR) is 56.7 cm³/mol. The van der Waals surface area contributed by atoms with Crippen molar-refractivity contribution < 1.29 is 9.90 Å². The van der Waals surface area contributed by atoms with Crippen molar-refractivity contribution in [1.29, 1.82) is 0 Å². The number of carbonyl (C=O) groups is 1. The van der Waals surface area contributed by atoms with E-state index in [-0.39, 0.29) is 6.61 Å². The molecular weight excluding hydrogens is 214 g/mol. The summed E-state index contributed by atoms with van der Waals surface area (Å²) in [6, 6.07) is 0. The summed E-state index contributed by atoms with van der Waals surface area (Å²) in [4.78, 5) is 18.4. The first-order valence-corrected chi connectivity index (χ1v) is 5.64. The second-order valence-corrected chi connectivity index (χ2v) is 4.59. The van der Waals surface area contributed by atoms with Crippen molar-refractivity contribution in [1.82, 2.24) is 9.88 Å². The predicted octanol–water partition coefficient (Wildman–Crippen LogP) is -0.408. The van der Waals surface area contributed by atoms with E-state index < -0.39 is 5.91 Å². The molecule has 0 spiro atoms. The van der Waals surface area contributed by atoms with Crippen LogP contribution in [0.1, 0.15) is 20.4 Å². The first kappa shape index (κ1) is 10.5.